The number of benzene rings is 1. The van der Waals surface area contributed by atoms with Gasteiger partial charge in [0, 0.05) is 6.54 Å². The van der Waals surface area contributed by atoms with Crippen LogP contribution in [0.3, 0.4) is 0 Å². The maximum Gasteiger partial charge on any atom is 0.130 e. The summed E-state index contributed by atoms with van der Waals surface area (Å²) in [6, 6.07) is 13.2. The standard InChI is InChI=1S/C13H13ClN2O/c14-13-6-2-4-11(16-13)9-17-12-5-1-3-10(7-12)8-15/h1-7H,8-9,15H2. The number of halogens is 1. The van der Waals surface area contributed by atoms with E-state index in [4.69, 9.17) is 22.1 Å². The average Bonchev–Trinajstić information content (AvgIpc) is 2.37. The van der Waals surface area contributed by atoms with Crippen molar-refractivity contribution in [1.29, 1.82) is 0 Å². The van der Waals surface area contributed by atoms with Gasteiger partial charge in [0.2, 0.25) is 0 Å². The van der Waals surface area contributed by atoms with Crippen molar-refractivity contribution in [3.8, 4) is 5.75 Å². The Balaban J connectivity index is 2.02. The monoisotopic (exact) mass is 248 g/mol. The van der Waals surface area contributed by atoms with Crippen LogP contribution in [-0.4, -0.2) is 4.98 Å². The molecule has 0 aliphatic heterocycles. The van der Waals surface area contributed by atoms with Crippen LogP contribution in [0.15, 0.2) is 42.5 Å². The van der Waals surface area contributed by atoms with E-state index in [1.54, 1.807) is 6.07 Å². The summed E-state index contributed by atoms with van der Waals surface area (Å²) < 4.78 is 5.61. The van der Waals surface area contributed by atoms with Gasteiger partial charge in [-0.3, -0.25) is 0 Å². The minimum atomic E-state index is 0.397. The van der Waals surface area contributed by atoms with Gasteiger partial charge in [-0.05, 0) is 29.8 Å². The van der Waals surface area contributed by atoms with Crippen LogP contribution in [0.5, 0.6) is 5.75 Å². The molecule has 0 unspecified atom stereocenters. The lowest BCUT2D eigenvalue weighted by Gasteiger charge is -2.07. The molecule has 2 N–H and O–H groups in total. The smallest absolute Gasteiger partial charge is 0.130 e. The van der Waals surface area contributed by atoms with E-state index in [9.17, 15) is 0 Å². The first kappa shape index (κ1) is 11.9. The summed E-state index contributed by atoms with van der Waals surface area (Å²) in [5.74, 6) is 0.787. The molecule has 1 aromatic heterocycles. The third-order valence-corrected chi connectivity index (χ3v) is 2.50. The maximum atomic E-state index is 5.79. The van der Waals surface area contributed by atoms with Crippen molar-refractivity contribution in [1.82, 2.24) is 4.98 Å². The van der Waals surface area contributed by atoms with E-state index in [0.29, 0.717) is 18.3 Å². The second kappa shape index (κ2) is 5.66. The van der Waals surface area contributed by atoms with Gasteiger partial charge in [0.25, 0.3) is 0 Å². The van der Waals surface area contributed by atoms with E-state index < -0.39 is 0 Å². The van der Waals surface area contributed by atoms with Gasteiger partial charge in [-0.15, -0.1) is 0 Å². The van der Waals surface area contributed by atoms with Crippen molar-refractivity contribution in [2.75, 3.05) is 0 Å². The lowest BCUT2D eigenvalue weighted by atomic mass is 10.2. The fraction of sp³-hybridized carbons (Fsp3) is 0.154. The van der Waals surface area contributed by atoms with E-state index in [-0.39, 0.29) is 0 Å². The van der Waals surface area contributed by atoms with Crippen LogP contribution in [0.4, 0.5) is 0 Å². The summed E-state index contributed by atoms with van der Waals surface area (Å²) in [5.41, 5.74) is 7.41. The molecule has 0 radical (unpaired) electrons. The molecule has 88 valence electrons. The third kappa shape index (κ3) is 3.44. The summed E-state index contributed by atoms with van der Waals surface area (Å²) in [5, 5.41) is 0.474. The first-order valence-corrected chi connectivity index (χ1v) is 5.69. The highest BCUT2D eigenvalue weighted by molar-refractivity contribution is 6.29. The number of hydrogen-bond donors (Lipinski definition) is 1. The van der Waals surface area contributed by atoms with E-state index >= 15 is 0 Å². The molecule has 2 rings (SSSR count). The largest absolute Gasteiger partial charge is 0.487 e. The predicted octanol–water partition coefficient (Wildman–Crippen LogP) is 2.77. The number of ether oxygens (including phenoxy) is 1. The van der Waals surface area contributed by atoms with Crippen molar-refractivity contribution in [2.24, 2.45) is 5.73 Å². The molecule has 17 heavy (non-hydrogen) atoms. The molecule has 0 aliphatic rings. The number of rotatable bonds is 4. The Morgan fingerprint density at radius 2 is 2.00 bits per heavy atom. The Morgan fingerprint density at radius 1 is 1.18 bits per heavy atom. The van der Waals surface area contributed by atoms with Crippen LogP contribution in [0, 0.1) is 0 Å². The Kier molecular flexibility index (Phi) is 3.96. The van der Waals surface area contributed by atoms with Gasteiger partial charge in [-0.2, -0.15) is 0 Å². The molecule has 0 amide bonds. The first-order valence-electron chi connectivity index (χ1n) is 5.31. The second-order valence-corrected chi connectivity index (χ2v) is 3.98. The van der Waals surface area contributed by atoms with Crippen molar-refractivity contribution in [3.05, 3.63) is 58.9 Å². The second-order valence-electron chi connectivity index (χ2n) is 3.59. The molecular formula is C13H13ClN2O. The van der Waals surface area contributed by atoms with Crippen molar-refractivity contribution in [2.45, 2.75) is 13.2 Å². The van der Waals surface area contributed by atoms with E-state index in [2.05, 4.69) is 4.98 Å². The van der Waals surface area contributed by atoms with Crippen molar-refractivity contribution < 1.29 is 4.74 Å². The normalized spacial score (nSPS) is 10.2. The van der Waals surface area contributed by atoms with Gasteiger partial charge in [0.1, 0.15) is 17.5 Å². The number of pyridine rings is 1. The molecule has 0 bridgehead atoms. The Morgan fingerprint density at radius 3 is 2.76 bits per heavy atom. The third-order valence-electron chi connectivity index (χ3n) is 2.29. The van der Waals surface area contributed by atoms with Crippen LogP contribution in [0.25, 0.3) is 0 Å². The molecule has 0 spiro atoms. The molecule has 0 saturated carbocycles. The van der Waals surface area contributed by atoms with Crippen molar-refractivity contribution in [3.63, 3.8) is 0 Å². The summed E-state index contributed by atoms with van der Waals surface area (Å²) in [4.78, 5) is 4.15. The molecule has 0 saturated heterocycles. The topological polar surface area (TPSA) is 48.1 Å². The zero-order valence-electron chi connectivity index (χ0n) is 9.27. The van der Waals surface area contributed by atoms with Gasteiger partial charge in [0.05, 0.1) is 5.69 Å². The fourth-order valence-corrected chi connectivity index (χ4v) is 1.63. The lowest BCUT2D eigenvalue weighted by molar-refractivity contribution is 0.301. The number of hydrogen-bond acceptors (Lipinski definition) is 3. The maximum absolute atomic E-state index is 5.79. The quantitative estimate of drug-likeness (QED) is 0.847. The minimum absolute atomic E-state index is 0.397. The van der Waals surface area contributed by atoms with Gasteiger partial charge in [-0.25, -0.2) is 4.98 Å². The zero-order chi connectivity index (χ0) is 12.1. The van der Waals surface area contributed by atoms with E-state index in [1.807, 2.05) is 36.4 Å². The average molecular weight is 249 g/mol. The number of nitrogens with zero attached hydrogens (tertiary/aromatic N) is 1. The van der Waals surface area contributed by atoms with Gasteiger partial charge >= 0.3 is 0 Å². The lowest BCUT2D eigenvalue weighted by Crippen LogP contribution is -2.00. The van der Waals surface area contributed by atoms with Gasteiger partial charge in [-0.1, -0.05) is 29.8 Å². The summed E-state index contributed by atoms with van der Waals surface area (Å²) in [7, 11) is 0. The predicted molar refractivity (Wildman–Crippen MR) is 67.9 cm³/mol. The highest BCUT2D eigenvalue weighted by Crippen LogP contribution is 2.15. The van der Waals surface area contributed by atoms with E-state index in [1.165, 1.54) is 0 Å². The molecule has 1 heterocycles. The first-order chi connectivity index (χ1) is 8.28. The summed E-state index contributed by atoms with van der Waals surface area (Å²) in [6.45, 7) is 0.904. The minimum Gasteiger partial charge on any atom is -0.487 e. The fourth-order valence-electron chi connectivity index (χ4n) is 1.45. The molecule has 1 aromatic carbocycles. The Hall–Kier alpha value is -1.58. The van der Waals surface area contributed by atoms with Gasteiger partial charge in [0.15, 0.2) is 0 Å². The number of aromatic nitrogens is 1. The highest BCUT2D eigenvalue weighted by Gasteiger charge is 1.99. The zero-order valence-corrected chi connectivity index (χ0v) is 10.0. The van der Waals surface area contributed by atoms with Crippen molar-refractivity contribution >= 4 is 11.6 Å². The number of nitrogens with two attached hydrogens (primary N) is 1. The van der Waals surface area contributed by atoms with E-state index in [0.717, 1.165) is 17.0 Å². The SMILES string of the molecule is NCc1cccc(OCc2cccc(Cl)n2)c1. The molecular weight excluding hydrogens is 236 g/mol. The van der Waals surface area contributed by atoms with Crippen LogP contribution in [0.1, 0.15) is 11.3 Å². The molecule has 0 fully saturated rings. The molecule has 3 nitrogen and oxygen atoms in total. The molecule has 0 aliphatic carbocycles. The Bertz CT molecular complexity index is 502. The van der Waals surface area contributed by atoms with Crippen LogP contribution >= 0.6 is 11.6 Å². The molecule has 0 atom stereocenters. The molecule has 4 heteroatoms. The summed E-state index contributed by atoms with van der Waals surface area (Å²) in [6.07, 6.45) is 0. The van der Waals surface area contributed by atoms with Crippen LogP contribution in [-0.2, 0) is 13.2 Å². The van der Waals surface area contributed by atoms with Gasteiger partial charge < -0.3 is 10.5 Å². The van der Waals surface area contributed by atoms with Crippen LogP contribution in [0.2, 0.25) is 5.15 Å². The van der Waals surface area contributed by atoms with Crippen LogP contribution < -0.4 is 10.5 Å². The Labute approximate surface area is 105 Å². The summed E-state index contributed by atoms with van der Waals surface area (Å²) >= 11 is 5.79. The molecule has 2 aromatic rings. The highest BCUT2D eigenvalue weighted by atomic mass is 35.5.